The molecular formula is C19H20ClN3S. The van der Waals surface area contributed by atoms with E-state index in [1.54, 1.807) is 11.8 Å². The molecule has 2 aromatic carbocycles. The fourth-order valence-corrected chi connectivity index (χ4v) is 3.73. The minimum Gasteiger partial charge on any atom is -0.328 e. The molecule has 0 saturated carbocycles. The van der Waals surface area contributed by atoms with Crippen LogP contribution in [-0.2, 0) is 13.5 Å². The maximum atomic E-state index is 6.10. The first-order valence-electron chi connectivity index (χ1n) is 7.85. The van der Waals surface area contributed by atoms with Gasteiger partial charge in [-0.05, 0) is 37.6 Å². The zero-order valence-electron chi connectivity index (χ0n) is 13.7. The van der Waals surface area contributed by atoms with Gasteiger partial charge in [-0.1, -0.05) is 53.7 Å². The minimum atomic E-state index is 0.0706. The van der Waals surface area contributed by atoms with Crippen LogP contribution in [-0.4, -0.2) is 15.8 Å². The fourth-order valence-electron chi connectivity index (χ4n) is 2.63. The monoisotopic (exact) mass is 357 g/mol. The summed E-state index contributed by atoms with van der Waals surface area (Å²) in [5.74, 6) is 0. The van der Waals surface area contributed by atoms with Gasteiger partial charge in [0, 0.05) is 34.1 Å². The summed E-state index contributed by atoms with van der Waals surface area (Å²) in [5, 5.41) is 6.62. The molecule has 3 nitrogen and oxygen atoms in total. The van der Waals surface area contributed by atoms with Gasteiger partial charge < -0.3 is 5.73 Å². The molecule has 0 radical (unpaired) electrons. The third-order valence-corrected chi connectivity index (χ3v) is 5.15. The van der Waals surface area contributed by atoms with Crippen LogP contribution in [0.25, 0.3) is 11.3 Å². The highest BCUT2D eigenvalue weighted by molar-refractivity contribution is 7.99. The molecule has 0 aliphatic carbocycles. The standard InChI is InChI=1S/C19H20ClN3S/c1-13(21)12-17-18(14-6-4-3-5-7-14)22-23(2)19(17)24-16-10-8-15(20)9-11-16/h3-11,13H,12,21H2,1-2H3. The molecule has 0 aliphatic rings. The number of hydrogen-bond acceptors (Lipinski definition) is 3. The van der Waals surface area contributed by atoms with Crippen LogP contribution in [0.2, 0.25) is 5.02 Å². The molecular weight excluding hydrogens is 338 g/mol. The van der Waals surface area contributed by atoms with Gasteiger partial charge in [0.05, 0.1) is 5.69 Å². The molecule has 2 N–H and O–H groups in total. The van der Waals surface area contributed by atoms with E-state index in [0.717, 1.165) is 32.6 Å². The Morgan fingerprint density at radius 2 is 1.79 bits per heavy atom. The van der Waals surface area contributed by atoms with Gasteiger partial charge in [-0.15, -0.1) is 0 Å². The summed E-state index contributed by atoms with van der Waals surface area (Å²) in [5.41, 5.74) is 9.42. The lowest BCUT2D eigenvalue weighted by Crippen LogP contribution is -2.18. The van der Waals surface area contributed by atoms with E-state index in [0.29, 0.717) is 0 Å². The van der Waals surface area contributed by atoms with Gasteiger partial charge >= 0.3 is 0 Å². The summed E-state index contributed by atoms with van der Waals surface area (Å²) < 4.78 is 1.94. The molecule has 0 fully saturated rings. The third kappa shape index (κ3) is 3.83. The molecule has 1 unspecified atom stereocenters. The van der Waals surface area contributed by atoms with Gasteiger partial charge in [0.25, 0.3) is 0 Å². The van der Waals surface area contributed by atoms with Crippen molar-refractivity contribution in [2.75, 3.05) is 0 Å². The molecule has 3 rings (SSSR count). The lowest BCUT2D eigenvalue weighted by molar-refractivity contribution is 0.679. The summed E-state index contributed by atoms with van der Waals surface area (Å²) in [7, 11) is 1.98. The average Bonchev–Trinajstić information content (AvgIpc) is 2.86. The number of rotatable bonds is 5. The second kappa shape index (κ2) is 7.43. The van der Waals surface area contributed by atoms with Crippen molar-refractivity contribution in [2.45, 2.75) is 29.3 Å². The number of aryl methyl sites for hydroxylation is 1. The molecule has 1 atom stereocenters. The van der Waals surface area contributed by atoms with E-state index in [1.807, 2.05) is 61.1 Å². The Labute approximate surface area is 151 Å². The van der Waals surface area contributed by atoms with Crippen LogP contribution in [0.4, 0.5) is 0 Å². The van der Waals surface area contributed by atoms with E-state index in [4.69, 9.17) is 22.4 Å². The van der Waals surface area contributed by atoms with Crippen LogP contribution >= 0.6 is 23.4 Å². The van der Waals surface area contributed by atoms with Crippen LogP contribution in [0.1, 0.15) is 12.5 Å². The summed E-state index contributed by atoms with van der Waals surface area (Å²) in [6, 6.07) is 18.2. The van der Waals surface area contributed by atoms with Crippen LogP contribution in [0.15, 0.2) is 64.5 Å². The molecule has 0 aliphatic heterocycles. The fraction of sp³-hybridized carbons (Fsp3) is 0.211. The van der Waals surface area contributed by atoms with Crippen molar-refractivity contribution in [3.63, 3.8) is 0 Å². The number of hydrogen-bond donors (Lipinski definition) is 1. The van der Waals surface area contributed by atoms with E-state index in [9.17, 15) is 0 Å². The first kappa shape index (κ1) is 17.1. The van der Waals surface area contributed by atoms with E-state index >= 15 is 0 Å². The van der Waals surface area contributed by atoms with Gasteiger partial charge in [-0.3, -0.25) is 4.68 Å². The van der Waals surface area contributed by atoms with Crippen molar-refractivity contribution in [2.24, 2.45) is 12.8 Å². The largest absolute Gasteiger partial charge is 0.328 e. The highest BCUT2D eigenvalue weighted by Gasteiger charge is 2.19. The quantitative estimate of drug-likeness (QED) is 0.714. The van der Waals surface area contributed by atoms with E-state index in [2.05, 4.69) is 12.1 Å². The molecule has 1 heterocycles. The van der Waals surface area contributed by atoms with Crippen molar-refractivity contribution in [1.29, 1.82) is 0 Å². The molecule has 1 aromatic heterocycles. The van der Waals surface area contributed by atoms with Crippen molar-refractivity contribution >= 4 is 23.4 Å². The number of nitrogens with zero attached hydrogens (tertiary/aromatic N) is 2. The van der Waals surface area contributed by atoms with Crippen molar-refractivity contribution in [1.82, 2.24) is 9.78 Å². The van der Waals surface area contributed by atoms with E-state index in [1.165, 1.54) is 5.56 Å². The van der Waals surface area contributed by atoms with Crippen LogP contribution in [0.3, 0.4) is 0 Å². The average molecular weight is 358 g/mol. The molecule has 0 bridgehead atoms. The first-order valence-corrected chi connectivity index (χ1v) is 9.04. The topological polar surface area (TPSA) is 43.8 Å². The van der Waals surface area contributed by atoms with Crippen molar-refractivity contribution < 1.29 is 0 Å². The highest BCUT2D eigenvalue weighted by Crippen LogP contribution is 2.36. The maximum Gasteiger partial charge on any atom is 0.102 e. The van der Waals surface area contributed by atoms with E-state index in [-0.39, 0.29) is 6.04 Å². The normalized spacial score (nSPS) is 12.3. The Morgan fingerprint density at radius 3 is 2.42 bits per heavy atom. The second-order valence-electron chi connectivity index (χ2n) is 5.86. The molecule has 3 aromatic rings. The third-order valence-electron chi connectivity index (χ3n) is 3.69. The minimum absolute atomic E-state index is 0.0706. The highest BCUT2D eigenvalue weighted by atomic mass is 35.5. The van der Waals surface area contributed by atoms with Gasteiger partial charge in [-0.2, -0.15) is 5.10 Å². The maximum absolute atomic E-state index is 6.10. The lowest BCUT2D eigenvalue weighted by Gasteiger charge is -2.10. The molecule has 0 saturated heterocycles. The first-order chi connectivity index (χ1) is 11.5. The predicted molar refractivity (Wildman–Crippen MR) is 102 cm³/mol. The zero-order valence-corrected chi connectivity index (χ0v) is 15.3. The molecule has 0 amide bonds. The van der Waals surface area contributed by atoms with Gasteiger partial charge in [0.2, 0.25) is 0 Å². The number of nitrogens with two attached hydrogens (primary N) is 1. The Kier molecular flexibility index (Phi) is 5.29. The molecule has 0 spiro atoms. The SMILES string of the molecule is CC(N)Cc1c(-c2ccccc2)nn(C)c1Sc1ccc(Cl)cc1. The summed E-state index contributed by atoms with van der Waals surface area (Å²) >= 11 is 7.68. The summed E-state index contributed by atoms with van der Waals surface area (Å²) in [4.78, 5) is 1.13. The van der Waals surface area contributed by atoms with Crippen molar-refractivity contribution in [3.05, 3.63) is 65.2 Å². The Balaban J connectivity index is 2.04. The Hall–Kier alpha value is -1.75. The predicted octanol–water partition coefficient (Wildman–Crippen LogP) is 4.78. The number of benzene rings is 2. The summed E-state index contributed by atoms with van der Waals surface area (Å²) in [6.07, 6.45) is 0.786. The second-order valence-corrected chi connectivity index (χ2v) is 7.36. The van der Waals surface area contributed by atoms with Gasteiger partial charge in [0.1, 0.15) is 5.03 Å². The smallest absolute Gasteiger partial charge is 0.102 e. The molecule has 5 heteroatoms. The molecule has 24 heavy (non-hydrogen) atoms. The summed E-state index contributed by atoms with van der Waals surface area (Å²) in [6.45, 7) is 2.03. The van der Waals surface area contributed by atoms with E-state index < -0.39 is 0 Å². The van der Waals surface area contributed by atoms with Crippen LogP contribution in [0, 0.1) is 0 Å². The lowest BCUT2D eigenvalue weighted by atomic mass is 10.0. The Morgan fingerprint density at radius 1 is 1.12 bits per heavy atom. The van der Waals surface area contributed by atoms with Gasteiger partial charge in [0.15, 0.2) is 0 Å². The zero-order chi connectivity index (χ0) is 17.1. The number of halogens is 1. The van der Waals surface area contributed by atoms with Gasteiger partial charge in [-0.25, -0.2) is 0 Å². The molecule has 124 valence electrons. The van der Waals surface area contributed by atoms with Crippen LogP contribution < -0.4 is 5.73 Å². The van der Waals surface area contributed by atoms with Crippen LogP contribution in [0.5, 0.6) is 0 Å². The number of aromatic nitrogens is 2. The Bertz CT molecular complexity index is 811. The van der Waals surface area contributed by atoms with Crippen molar-refractivity contribution in [3.8, 4) is 11.3 Å².